The van der Waals surface area contributed by atoms with E-state index in [-0.39, 0.29) is 24.0 Å². The molecule has 2 N–H and O–H groups in total. The van der Waals surface area contributed by atoms with Crippen LogP contribution >= 0.6 is 15.9 Å². The molecule has 7 nitrogen and oxygen atoms in total. The fraction of sp³-hybridized carbons (Fsp3) is 0.500. The summed E-state index contributed by atoms with van der Waals surface area (Å²) in [6.07, 6.45) is 1.21. The van der Waals surface area contributed by atoms with E-state index in [1.807, 2.05) is 6.92 Å². The van der Waals surface area contributed by atoms with Crippen molar-refractivity contribution >= 4 is 31.6 Å². The quantitative estimate of drug-likeness (QED) is 0.407. The second-order valence-electron chi connectivity index (χ2n) is 4.70. The number of aliphatic hydroxyl groups is 1. The van der Waals surface area contributed by atoms with Gasteiger partial charge in [-0.05, 0) is 30.9 Å². The fourth-order valence-electron chi connectivity index (χ4n) is 1.68. The highest BCUT2D eigenvalue weighted by atomic mass is 79.9. The van der Waals surface area contributed by atoms with E-state index in [4.69, 9.17) is 5.11 Å². The summed E-state index contributed by atoms with van der Waals surface area (Å²) in [6.45, 7) is 2.06. The van der Waals surface area contributed by atoms with Gasteiger partial charge in [-0.25, -0.2) is 13.1 Å². The smallest absolute Gasteiger partial charge is 0.289 e. The third kappa shape index (κ3) is 5.34. The Balaban J connectivity index is 2.83. The molecule has 1 atom stereocenters. The molecule has 0 radical (unpaired) electrons. The lowest BCUT2D eigenvalue weighted by atomic mass is 10.1. The molecule has 118 valence electrons. The number of benzene rings is 1. The molecule has 0 saturated carbocycles. The number of hydrogen-bond acceptors (Lipinski definition) is 5. The summed E-state index contributed by atoms with van der Waals surface area (Å²) in [4.78, 5) is 9.82. The van der Waals surface area contributed by atoms with E-state index in [0.29, 0.717) is 17.3 Å². The van der Waals surface area contributed by atoms with Crippen LogP contribution in [-0.2, 0) is 10.0 Å². The lowest BCUT2D eigenvalue weighted by Gasteiger charge is -2.09. The highest BCUT2D eigenvalue weighted by Crippen LogP contribution is 2.27. The Hall–Kier alpha value is -1.03. The molecule has 0 aliphatic rings. The molecule has 0 aliphatic carbocycles. The van der Waals surface area contributed by atoms with E-state index in [0.717, 1.165) is 6.07 Å². The van der Waals surface area contributed by atoms with E-state index >= 15 is 0 Å². The van der Waals surface area contributed by atoms with Crippen molar-refractivity contribution in [3.8, 4) is 0 Å². The van der Waals surface area contributed by atoms with Crippen molar-refractivity contribution in [2.45, 2.75) is 24.7 Å². The van der Waals surface area contributed by atoms with Gasteiger partial charge >= 0.3 is 0 Å². The lowest BCUT2D eigenvalue weighted by molar-refractivity contribution is -0.387. The van der Waals surface area contributed by atoms with Crippen molar-refractivity contribution < 1.29 is 18.4 Å². The summed E-state index contributed by atoms with van der Waals surface area (Å²) >= 11 is 3.11. The summed E-state index contributed by atoms with van der Waals surface area (Å²) in [7, 11) is -3.95. The normalized spacial score (nSPS) is 13.1. The summed E-state index contributed by atoms with van der Waals surface area (Å²) in [5, 5.41) is 19.8. The summed E-state index contributed by atoms with van der Waals surface area (Å²) in [5.41, 5.74) is -0.463. The van der Waals surface area contributed by atoms with Gasteiger partial charge in [-0.3, -0.25) is 10.1 Å². The van der Waals surface area contributed by atoms with Crippen LogP contribution in [0.5, 0.6) is 0 Å². The maximum absolute atomic E-state index is 12.1. The van der Waals surface area contributed by atoms with Crippen LogP contribution in [0.25, 0.3) is 0 Å². The Labute approximate surface area is 131 Å². The Morgan fingerprint density at radius 2 is 2.14 bits per heavy atom. The molecule has 1 rings (SSSR count). The van der Waals surface area contributed by atoms with Gasteiger partial charge in [-0.15, -0.1) is 0 Å². The van der Waals surface area contributed by atoms with Crippen LogP contribution in [0.4, 0.5) is 5.69 Å². The number of sulfonamides is 1. The summed E-state index contributed by atoms with van der Waals surface area (Å²) in [6, 6.07) is 3.77. The summed E-state index contributed by atoms with van der Waals surface area (Å²) in [5.74, 6) is 0.0923. The number of halogens is 1. The van der Waals surface area contributed by atoms with Crippen molar-refractivity contribution in [1.82, 2.24) is 4.72 Å². The van der Waals surface area contributed by atoms with Gasteiger partial charge in [0.05, 0.1) is 4.92 Å². The van der Waals surface area contributed by atoms with Crippen molar-refractivity contribution in [1.29, 1.82) is 0 Å². The third-order valence-corrected chi connectivity index (χ3v) is 4.87. The van der Waals surface area contributed by atoms with Gasteiger partial charge in [0, 0.05) is 23.7 Å². The van der Waals surface area contributed by atoms with Crippen LogP contribution < -0.4 is 4.72 Å². The number of hydrogen-bond donors (Lipinski definition) is 2. The van der Waals surface area contributed by atoms with E-state index in [1.165, 1.54) is 12.1 Å². The van der Waals surface area contributed by atoms with Gasteiger partial charge in [0.15, 0.2) is 4.90 Å². The van der Waals surface area contributed by atoms with Gasteiger partial charge in [-0.2, -0.15) is 0 Å². The maximum atomic E-state index is 12.1. The molecule has 0 aromatic heterocycles. The average molecular weight is 381 g/mol. The zero-order valence-corrected chi connectivity index (χ0v) is 13.9. The second kappa shape index (κ2) is 7.83. The molecule has 0 amide bonds. The van der Waals surface area contributed by atoms with Gasteiger partial charge in [-0.1, -0.05) is 22.9 Å². The Morgan fingerprint density at radius 1 is 1.48 bits per heavy atom. The SMILES string of the molecule is CC(CO)CCCNS(=O)(=O)c1cc(Br)ccc1[N+](=O)[O-]. The zero-order chi connectivity index (χ0) is 16.0. The van der Waals surface area contributed by atoms with E-state index in [9.17, 15) is 18.5 Å². The molecule has 1 unspecified atom stereocenters. The van der Waals surface area contributed by atoms with Crippen LogP contribution in [0.2, 0.25) is 0 Å². The Kier molecular flexibility index (Phi) is 6.72. The number of nitrogens with zero attached hydrogens (tertiary/aromatic N) is 1. The largest absolute Gasteiger partial charge is 0.396 e. The molecule has 0 bridgehead atoms. The molecule has 0 heterocycles. The van der Waals surface area contributed by atoms with Crippen LogP contribution in [0, 0.1) is 16.0 Å². The number of nitro groups is 1. The van der Waals surface area contributed by atoms with E-state index < -0.39 is 20.6 Å². The highest BCUT2D eigenvalue weighted by Gasteiger charge is 2.25. The fourth-order valence-corrected chi connectivity index (χ4v) is 3.46. The predicted molar refractivity (Wildman–Crippen MR) is 81.5 cm³/mol. The topological polar surface area (TPSA) is 110 Å². The molecule has 9 heteroatoms. The molecule has 21 heavy (non-hydrogen) atoms. The standard InChI is InChI=1S/C12H17BrN2O5S/c1-9(8-16)3-2-6-14-21(19,20)12-7-10(13)4-5-11(12)15(17)18/h4-5,7,9,14,16H,2-3,6,8H2,1H3. The first-order chi connectivity index (χ1) is 9.77. The van der Waals surface area contributed by atoms with Crippen molar-refractivity contribution in [2.75, 3.05) is 13.2 Å². The van der Waals surface area contributed by atoms with Crippen LogP contribution in [-0.4, -0.2) is 31.6 Å². The predicted octanol–water partition coefficient (Wildman–Crippen LogP) is 2.04. The van der Waals surface area contributed by atoms with Crippen LogP contribution in [0.3, 0.4) is 0 Å². The molecule has 0 aliphatic heterocycles. The lowest BCUT2D eigenvalue weighted by Crippen LogP contribution is -2.26. The van der Waals surface area contributed by atoms with Gasteiger partial charge < -0.3 is 5.11 Å². The number of nitro benzene ring substituents is 1. The average Bonchev–Trinajstić information content (AvgIpc) is 2.42. The van der Waals surface area contributed by atoms with Crippen LogP contribution in [0.15, 0.2) is 27.6 Å². The first-order valence-corrected chi connectivity index (χ1v) is 8.60. The second-order valence-corrected chi connectivity index (χ2v) is 7.35. The minimum atomic E-state index is -3.95. The molecule has 1 aromatic carbocycles. The number of rotatable bonds is 8. The first-order valence-electron chi connectivity index (χ1n) is 6.32. The molecule has 0 saturated heterocycles. The van der Waals surface area contributed by atoms with Gasteiger partial charge in [0.25, 0.3) is 5.69 Å². The molecule has 0 fully saturated rings. The zero-order valence-electron chi connectivity index (χ0n) is 11.5. The van der Waals surface area contributed by atoms with E-state index in [1.54, 1.807) is 0 Å². The first kappa shape index (κ1) is 18.0. The number of nitrogens with one attached hydrogen (secondary N) is 1. The van der Waals surface area contributed by atoms with E-state index in [2.05, 4.69) is 20.7 Å². The van der Waals surface area contributed by atoms with Crippen molar-refractivity contribution in [3.05, 3.63) is 32.8 Å². The van der Waals surface area contributed by atoms with Gasteiger partial charge in [0.1, 0.15) is 0 Å². The van der Waals surface area contributed by atoms with Crippen molar-refractivity contribution in [2.24, 2.45) is 5.92 Å². The Bertz CT molecular complexity index is 606. The van der Waals surface area contributed by atoms with Crippen molar-refractivity contribution in [3.63, 3.8) is 0 Å². The molecule has 1 aromatic rings. The molecular formula is C12H17BrN2O5S. The van der Waals surface area contributed by atoms with Crippen LogP contribution in [0.1, 0.15) is 19.8 Å². The number of aliphatic hydroxyl groups excluding tert-OH is 1. The molecule has 0 spiro atoms. The molecular weight excluding hydrogens is 364 g/mol. The third-order valence-electron chi connectivity index (χ3n) is 2.89. The van der Waals surface area contributed by atoms with Gasteiger partial charge in [0.2, 0.25) is 10.0 Å². The Morgan fingerprint density at radius 3 is 2.71 bits per heavy atom. The highest BCUT2D eigenvalue weighted by molar-refractivity contribution is 9.10. The minimum Gasteiger partial charge on any atom is -0.396 e. The maximum Gasteiger partial charge on any atom is 0.289 e. The minimum absolute atomic E-state index is 0.0455. The summed E-state index contributed by atoms with van der Waals surface area (Å²) < 4.78 is 27.1. The monoisotopic (exact) mass is 380 g/mol.